The number of nitrogen functional groups attached to an aromatic ring is 1. The van der Waals surface area contributed by atoms with Gasteiger partial charge < -0.3 is 5.73 Å². The van der Waals surface area contributed by atoms with Gasteiger partial charge in [-0.2, -0.15) is 5.10 Å². The van der Waals surface area contributed by atoms with Crippen molar-refractivity contribution >= 4 is 37.5 Å². The van der Waals surface area contributed by atoms with Crippen LogP contribution >= 0.6 is 15.9 Å². The molecular formula is C13H17BrN4O2S. The predicted octanol–water partition coefficient (Wildman–Crippen LogP) is 2.49. The van der Waals surface area contributed by atoms with Gasteiger partial charge >= 0.3 is 0 Å². The number of anilines is 2. The van der Waals surface area contributed by atoms with Gasteiger partial charge in [-0.25, -0.2) is 8.42 Å². The molecule has 6 nitrogen and oxygen atoms in total. The predicted molar refractivity (Wildman–Crippen MR) is 86.8 cm³/mol. The Balaban J connectivity index is 2.47. The van der Waals surface area contributed by atoms with E-state index in [9.17, 15) is 8.42 Å². The number of aryl methyl sites for hydroxylation is 3. The summed E-state index contributed by atoms with van der Waals surface area (Å²) in [5.41, 5.74) is 8.59. The quantitative estimate of drug-likeness (QED) is 0.865. The van der Waals surface area contributed by atoms with Crippen molar-refractivity contribution in [2.45, 2.75) is 25.7 Å². The molecular weight excluding hydrogens is 356 g/mol. The molecule has 114 valence electrons. The topological polar surface area (TPSA) is 90.0 Å². The number of hydrogen-bond donors (Lipinski definition) is 2. The van der Waals surface area contributed by atoms with Gasteiger partial charge in [0.1, 0.15) is 0 Å². The molecule has 0 atom stereocenters. The van der Waals surface area contributed by atoms with Crippen LogP contribution in [0.5, 0.6) is 0 Å². The third-order valence-electron chi connectivity index (χ3n) is 3.26. The lowest BCUT2D eigenvalue weighted by atomic mass is 10.1. The standard InChI is InChI=1S/C13H17BrN4O2S/c1-7-5-10(6-8(2)11(7)14)17-21(19,20)12-9(3)18(4)16-13(12)15/h5-6,17H,1-4H3,(H2,15,16). The number of sulfonamides is 1. The van der Waals surface area contributed by atoms with E-state index in [1.807, 2.05) is 13.8 Å². The highest BCUT2D eigenvalue weighted by molar-refractivity contribution is 9.10. The van der Waals surface area contributed by atoms with Gasteiger partial charge in [-0.05, 0) is 44.0 Å². The highest BCUT2D eigenvalue weighted by Gasteiger charge is 2.25. The van der Waals surface area contributed by atoms with Crippen molar-refractivity contribution in [1.82, 2.24) is 9.78 Å². The van der Waals surface area contributed by atoms with Crippen molar-refractivity contribution in [3.63, 3.8) is 0 Å². The summed E-state index contributed by atoms with van der Waals surface area (Å²) >= 11 is 3.45. The second kappa shape index (κ2) is 5.34. The van der Waals surface area contributed by atoms with Crippen molar-refractivity contribution in [1.29, 1.82) is 0 Å². The Kier molecular flexibility index (Phi) is 4.03. The second-order valence-electron chi connectivity index (χ2n) is 4.95. The van der Waals surface area contributed by atoms with E-state index in [0.29, 0.717) is 11.4 Å². The number of nitrogens with one attached hydrogen (secondary N) is 1. The SMILES string of the molecule is Cc1cc(NS(=O)(=O)c2c(N)nn(C)c2C)cc(C)c1Br. The molecule has 2 rings (SSSR count). The fourth-order valence-corrected chi connectivity index (χ4v) is 3.75. The Morgan fingerprint density at radius 3 is 2.19 bits per heavy atom. The fraction of sp³-hybridized carbons (Fsp3) is 0.308. The normalized spacial score (nSPS) is 11.7. The van der Waals surface area contributed by atoms with Crippen LogP contribution in [-0.2, 0) is 17.1 Å². The van der Waals surface area contributed by atoms with Gasteiger partial charge in [-0.3, -0.25) is 9.40 Å². The fourth-order valence-electron chi connectivity index (χ4n) is 2.16. The van der Waals surface area contributed by atoms with Crippen molar-refractivity contribution < 1.29 is 8.42 Å². The highest BCUT2D eigenvalue weighted by Crippen LogP contribution is 2.28. The number of nitrogens with two attached hydrogens (primary N) is 1. The number of benzene rings is 1. The minimum atomic E-state index is -3.77. The van der Waals surface area contributed by atoms with Crippen LogP contribution in [-0.4, -0.2) is 18.2 Å². The molecule has 0 saturated carbocycles. The van der Waals surface area contributed by atoms with E-state index < -0.39 is 10.0 Å². The Hall–Kier alpha value is -1.54. The maximum Gasteiger partial charge on any atom is 0.267 e. The van der Waals surface area contributed by atoms with Crippen LogP contribution in [0.2, 0.25) is 0 Å². The molecule has 0 amide bonds. The number of aromatic nitrogens is 2. The van der Waals surface area contributed by atoms with Gasteiger partial charge in [0, 0.05) is 17.2 Å². The largest absolute Gasteiger partial charge is 0.381 e. The molecule has 1 aromatic carbocycles. The second-order valence-corrected chi connectivity index (χ2v) is 7.37. The Labute approximate surface area is 132 Å². The molecule has 8 heteroatoms. The summed E-state index contributed by atoms with van der Waals surface area (Å²) in [7, 11) is -2.12. The van der Waals surface area contributed by atoms with Crippen LogP contribution in [0.3, 0.4) is 0 Å². The molecule has 0 unspecified atom stereocenters. The first-order valence-corrected chi connectivity index (χ1v) is 8.49. The summed E-state index contributed by atoms with van der Waals surface area (Å²) in [5, 5.41) is 3.94. The molecule has 0 fully saturated rings. The Bertz CT molecular complexity index is 789. The van der Waals surface area contributed by atoms with Crippen LogP contribution < -0.4 is 10.5 Å². The van der Waals surface area contributed by atoms with Gasteiger partial charge in [0.25, 0.3) is 10.0 Å². The van der Waals surface area contributed by atoms with Crippen molar-refractivity contribution in [3.05, 3.63) is 33.4 Å². The summed E-state index contributed by atoms with van der Waals surface area (Å²) in [6.45, 7) is 5.47. The zero-order valence-corrected chi connectivity index (χ0v) is 14.6. The van der Waals surface area contributed by atoms with Crippen molar-refractivity contribution in [2.24, 2.45) is 7.05 Å². The number of hydrogen-bond acceptors (Lipinski definition) is 4. The van der Waals surface area contributed by atoms with Crippen molar-refractivity contribution in [3.8, 4) is 0 Å². The third-order valence-corrected chi connectivity index (χ3v) is 6.06. The van der Waals surface area contributed by atoms with Crippen LogP contribution in [0.15, 0.2) is 21.5 Å². The summed E-state index contributed by atoms with van der Waals surface area (Å²) < 4.78 is 30.0. The van der Waals surface area contributed by atoms with Crippen LogP contribution in [0, 0.1) is 20.8 Å². The molecule has 0 radical (unpaired) electrons. The molecule has 0 saturated heterocycles. The molecule has 1 aromatic heterocycles. The summed E-state index contributed by atoms with van der Waals surface area (Å²) in [4.78, 5) is 0.0169. The number of halogens is 1. The number of rotatable bonds is 3. The zero-order valence-electron chi connectivity index (χ0n) is 12.2. The minimum absolute atomic E-state index is 0.00643. The smallest absolute Gasteiger partial charge is 0.267 e. The summed E-state index contributed by atoms with van der Waals surface area (Å²) in [6, 6.07) is 3.52. The van der Waals surface area contributed by atoms with Crippen LogP contribution in [0.25, 0.3) is 0 Å². The van der Waals surface area contributed by atoms with Crippen molar-refractivity contribution in [2.75, 3.05) is 10.5 Å². The van der Waals surface area contributed by atoms with Gasteiger partial charge in [-0.1, -0.05) is 15.9 Å². The molecule has 0 spiro atoms. The lowest BCUT2D eigenvalue weighted by Gasteiger charge is -2.11. The van der Waals surface area contributed by atoms with Crippen LogP contribution in [0.1, 0.15) is 16.8 Å². The first kappa shape index (κ1) is 15.8. The molecule has 0 aliphatic rings. The summed E-state index contributed by atoms with van der Waals surface area (Å²) in [5.74, 6) is -0.00643. The van der Waals surface area contributed by atoms with E-state index in [-0.39, 0.29) is 10.7 Å². The van der Waals surface area contributed by atoms with E-state index in [1.54, 1.807) is 26.1 Å². The van der Waals surface area contributed by atoms with Gasteiger partial charge in [0.05, 0.1) is 5.69 Å². The Morgan fingerprint density at radius 1 is 1.24 bits per heavy atom. The van der Waals surface area contributed by atoms with Gasteiger partial charge in [0.15, 0.2) is 10.7 Å². The maximum atomic E-state index is 12.5. The Morgan fingerprint density at radius 2 is 1.76 bits per heavy atom. The minimum Gasteiger partial charge on any atom is -0.381 e. The van der Waals surface area contributed by atoms with Gasteiger partial charge in [-0.15, -0.1) is 0 Å². The van der Waals surface area contributed by atoms with E-state index in [1.165, 1.54) is 4.68 Å². The first-order chi connectivity index (χ1) is 9.63. The molecule has 2 aromatic rings. The maximum absolute atomic E-state index is 12.5. The summed E-state index contributed by atoms with van der Waals surface area (Å²) in [6.07, 6.45) is 0. The van der Waals surface area contributed by atoms with E-state index in [4.69, 9.17) is 5.73 Å². The highest BCUT2D eigenvalue weighted by atomic mass is 79.9. The van der Waals surface area contributed by atoms with Gasteiger partial charge in [0.2, 0.25) is 0 Å². The monoisotopic (exact) mass is 372 g/mol. The molecule has 0 bridgehead atoms. The first-order valence-electron chi connectivity index (χ1n) is 6.22. The van der Waals surface area contributed by atoms with E-state index in [0.717, 1.165) is 15.6 Å². The van der Waals surface area contributed by atoms with E-state index in [2.05, 4.69) is 25.8 Å². The molecule has 0 aliphatic heterocycles. The lowest BCUT2D eigenvalue weighted by molar-refractivity contribution is 0.600. The lowest BCUT2D eigenvalue weighted by Crippen LogP contribution is -2.15. The average Bonchev–Trinajstić information content (AvgIpc) is 2.60. The molecule has 3 N–H and O–H groups in total. The molecule has 1 heterocycles. The van der Waals surface area contributed by atoms with E-state index >= 15 is 0 Å². The number of nitrogens with zero attached hydrogens (tertiary/aromatic N) is 2. The average molecular weight is 373 g/mol. The zero-order chi connectivity index (χ0) is 15.9. The molecule has 0 aliphatic carbocycles. The van der Waals surface area contributed by atoms with Crippen LogP contribution in [0.4, 0.5) is 11.5 Å². The molecule has 21 heavy (non-hydrogen) atoms. The third kappa shape index (κ3) is 2.91.